The molecule has 13 heteroatoms. The number of ether oxygens (including phenoxy) is 1. The zero-order valence-corrected chi connectivity index (χ0v) is 17.8. The highest BCUT2D eigenvalue weighted by Gasteiger charge is 2.36. The second-order valence-electron chi connectivity index (χ2n) is 7.00. The van der Waals surface area contributed by atoms with Gasteiger partial charge in [-0.1, -0.05) is 6.07 Å². The molecule has 0 aromatic heterocycles. The third kappa shape index (κ3) is 6.26. The lowest BCUT2D eigenvalue weighted by molar-refractivity contribution is -0.140. The summed E-state index contributed by atoms with van der Waals surface area (Å²) in [7, 11) is -0.538. The van der Waals surface area contributed by atoms with E-state index in [2.05, 4.69) is 5.32 Å². The van der Waals surface area contributed by atoms with Crippen molar-refractivity contribution in [2.24, 2.45) is 11.7 Å². The van der Waals surface area contributed by atoms with Gasteiger partial charge in [-0.2, -0.15) is 11.8 Å². The van der Waals surface area contributed by atoms with E-state index in [4.69, 9.17) is 10.5 Å². The minimum atomic E-state index is -1.81. The van der Waals surface area contributed by atoms with Crippen LogP contribution < -0.4 is 15.8 Å². The summed E-state index contributed by atoms with van der Waals surface area (Å²) in [6.07, 6.45) is -0.0875. The molecule has 7 N–H and O–H groups in total. The van der Waals surface area contributed by atoms with Crippen molar-refractivity contribution >= 4 is 36.7 Å². The Hall–Kier alpha value is -2.48. The number of carbonyl (C=O) groups excluding carboxylic acids is 2. The maximum absolute atomic E-state index is 12.3. The Balaban J connectivity index is 1.95. The molecule has 2 amide bonds. The number of thioether (sulfide) groups is 1. The number of likely N-dealkylation sites (tertiary alicyclic amines) is 1. The van der Waals surface area contributed by atoms with Crippen LogP contribution in [0.2, 0.25) is 0 Å². The van der Waals surface area contributed by atoms with Gasteiger partial charge in [0.2, 0.25) is 11.8 Å². The quantitative estimate of drug-likeness (QED) is 0.210. The summed E-state index contributed by atoms with van der Waals surface area (Å²) >= 11 is 0.969. The smallest absolute Gasteiger partial charge is 0.465 e. The topological polar surface area (TPSA) is 183 Å². The van der Waals surface area contributed by atoms with E-state index in [9.17, 15) is 34.6 Å². The predicted octanol–water partition coefficient (Wildman–Crippen LogP) is -1.71. The van der Waals surface area contributed by atoms with Gasteiger partial charge in [-0.15, -0.1) is 0 Å². The molecule has 0 aliphatic carbocycles. The summed E-state index contributed by atoms with van der Waals surface area (Å²) in [4.78, 5) is 37.0. The van der Waals surface area contributed by atoms with E-state index in [0.717, 1.165) is 11.8 Å². The molecule has 1 saturated heterocycles. The number of benzene rings is 1. The molecule has 170 valence electrons. The predicted molar refractivity (Wildman–Crippen MR) is 114 cm³/mol. The molecule has 1 atom stereocenters. The largest absolute Gasteiger partial charge is 0.507 e. The van der Waals surface area contributed by atoms with E-state index in [1.807, 2.05) is 0 Å². The fraction of sp³-hybridized carbons (Fsp3) is 0.500. The number of phenols is 1. The van der Waals surface area contributed by atoms with Gasteiger partial charge < -0.3 is 40.9 Å². The van der Waals surface area contributed by atoms with Gasteiger partial charge in [-0.05, 0) is 18.1 Å². The molecule has 1 aliphatic heterocycles. The number of rotatable bonds is 11. The standard InChI is InChI=1S/C18H26BN3O8S/c1-30-12-3-2-10(16(24)15(12)18(26)27)6-13(19(28)29)31-9-14(23)22-7-11(8-22)17(25)21-5-4-20/h2-3,11,13,24,28-29H,4-9,20H2,1H3,(H,21,25)(H,26,27). The van der Waals surface area contributed by atoms with Gasteiger partial charge in [-0.25, -0.2) is 4.79 Å². The van der Waals surface area contributed by atoms with E-state index in [0.29, 0.717) is 13.1 Å². The molecule has 0 radical (unpaired) electrons. The zero-order valence-electron chi connectivity index (χ0n) is 17.0. The number of amides is 2. The van der Waals surface area contributed by atoms with Gasteiger partial charge in [0, 0.05) is 31.3 Å². The van der Waals surface area contributed by atoms with Crippen LogP contribution in [0.4, 0.5) is 0 Å². The van der Waals surface area contributed by atoms with Crippen molar-refractivity contribution in [1.82, 2.24) is 10.2 Å². The molecule has 0 spiro atoms. The minimum Gasteiger partial charge on any atom is -0.507 e. The third-order valence-electron chi connectivity index (χ3n) is 4.88. The maximum Gasteiger partial charge on any atom is 0.465 e. The first-order valence-corrected chi connectivity index (χ1v) is 10.6. The Labute approximate surface area is 183 Å². The number of carbonyl (C=O) groups is 3. The van der Waals surface area contributed by atoms with Crippen LogP contribution in [-0.2, 0) is 16.0 Å². The number of aromatic carboxylic acids is 1. The number of nitrogens with two attached hydrogens (primary N) is 1. The van der Waals surface area contributed by atoms with Gasteiger partial charge >= 0.3 is 13.1 Å². The molecule has 1 fully saturated rings. The molecule has 1 aromatic rings. The minimum absolute atomic E-state index is 0.0273. The average Bonchev–Trinajstić information content (AvgIpc) is 2.68. The highest BCUT2D eigenvalue weighted by Crippen LogP contribution is 2.33. The summed E-state index contributed by atoms with van der Waals surface area (Å²) in [5.41, 5.74) is 5.09. The van der Waals surface area contributed by atoms with Crippen LogP contribution in [0, 0.1) is 5.92 Å². The molecule has 1 aliphatic rings. The Morgan fingerprint density at radius 1 is 1.35 bits per heavy atom. The lowest BCUT2D eigenvalue weighted by Gasteiger charge is -2.38. The van der Waals surface area contributed by atoms with Crippen LogP contribution in [0.1, 0.15) is 15.9 Å². The second kappa shape index (κ2) is 11.2. The number of nitrogens with zero attached hydrogens (tertiary/aromatic N) is 1. The van der Waals surface area contributed by atoms with Gasteiger partial charge in [0.1, 0.15) is 17.1 Å². The first-order valence-electron chi connectivity index (χ1n) is 9.55. The van der Waals surface area contributed by atoms with Crippen LogP contribution in [-0.4, -0.2) is 94.3 Å². The van der Waals surface area contributed by atoms with Crippen molar-refractivity contribution in [3.05, 3.63) is 23.3 Å². The van der Waals surface area contributed by atoms with E-state index in [-0.39, 0.29) is 54.3 Å². The maximum atomic E-state index is 12.3. The number of hydrogen-bond acceptors (Lipinski definition) is 9. The van der Waals surface area contributed by atoms with Crippen molar-refractivity contribution in [2.45, 2.75) is 11.6 Å². The summed E-state index contributed by atoms with van der Waals surface area (Å²) in [6.45, 7) is 1.27. The lowest BCUT2D eigenvalue weighted by Crippen LogP contribution is -2.56. The Bertz CT molecular complexity index is 819. The van der Waals surface area contributed by atoms with E-state index < -0.39 is 29.5 Å². The van der Waals surface area contributed by atoms with E-state index >= 15 is 0 Å². The van der Waals surface area contributed by atoms with Crippen molar-refractivity contribution in [3.8, 4) is 11.5 Å². The molecule has 1 heterocycles. The molecule has 0 saturated carbocycles. The van der Waals surface area contributed by atoms with Crippen molar-refractivity contribution in [3.63, 3.8) is 0 Å². The number of carboxylic acid groups (broad SMARTS) is 1. The molecule has 1 aromatic carbocycles. The van der Waals surface area contributed by atoms with Crippen LogP contribution in [0.25, 0.3) is 0 Å². The molecular weight excluding hydrogens is 429 g/mol. The van der Waals surface area contributed by atoms with Gasteiger partial charge in [0.05, 0.1) is 18.8 Å². The monoisotopic (exact) mass is 455 g/mol. The average molecular weight is 455 g/mol. The van der Waals surface area contributed by atoms with E-state index in [1.54, 1.807) is 0 Å². The Kier molecular flexibility index (Phi) is 8.98. The fourth-order valence-corrected chi connectivity index (χ4v) is 4.09. The zero-order chi connectivity index (χ0) is 23.1. The molecular formula is C18H26BN3O8S. The van der Waals surface area contributed by atoms with Crippen LogP contribution in [0.15, 0.2) is 12.1 Å². The second-order valence-corrected chi connectivity index (χ2v) is 8.23. The van der Waals surface area contributed by atoms with Gasteiger partial charge in [0.25, 0.3) is 0 Å². The van der Waals surface area contributed by atoms with Gasteiger partial charge in [-0.3, -0.25) is 9.59 Å². The first kappa shape index (κ1) is 24.8. The van der Waals surface area contributed by atoms with Crippen LogP contribution in [0.5, 0.6) is 11.5 Å². The number of aromatic hydroxyl groups is 1. The molecule has 2 rings (SSSR count). The van der Waals surface area contributed by atoms with Gasteiger partial charge in [0.15, 0.2) is 0 Å². The third-order valence-corrected chi connectivity index (χ3v) is 6.13. The number of nitrogens with one attached hydrogen (secondary N) is 1. The summed E-state index contributed by atoms with van der Waals surface area (Å²) in [6, 6.07) is 2.80. The highest BCUT2D eigenvalue weighted by molar-refractivity contribution is 8.01. The molecule has 11 nitrogen and oxygen atoms in total. The number of carboxylic acids is 1. The molecule has 1 unspecified atom stereocenters. The highest BCUT2D eigenvalue weighted by atomic mass is 32.2. The lowest BCUT2D eigenvalue weighted by atomic mass is 9.81. The summed E-state index contributed by atoms with van der Waals surface area (Å²) in [5.74, 6) is -2.71. The molecule has 31 heavy (non-hydrogen) atoms. The summed E-state index contributed by atoms with van der Waals surface area (Å²) < 4.78 is 4.94. The fourth-order valence-electron chi connectivity index (χ4n) is 3.08. The normalized spacial score (nSPS) is 14.5. The summed E-state index contributed by atoms with van der Waals surface area (Å²) in [5, 5.41) is 40.7. The van der Waals surface area contributed by atoms with E-state index in [1.165, 1.54) is 24.1 Å². The molecule has 0 bridgehead atoms. The van der Waals surface area contributed by atoms with Crippen molar-refractivity contribution in [2.75, 3.05) is 39.0 Å². The van der Waals surface area contributed by atoms with Crippen molar-refractivity contribution in [1.29, 1.82) is 0 Å². The first-order chi connectivity index (χ1) is 14.7. The number of methoxy groups -OCH3 is 1. The SMILES string of the molecule is COc1ccc(CC(SCC(=O)N2CC(C(=O)NCCN)C2)B(O)O)c(O)c1C(=O)O. The Morgan fingerprint density at radius 3 is 2.58 bits per heavy atom. The van der Waals surface area contributed by atoms with Crippen LogP contribution in [0.3, 0.4) is 0 Å². The van der Waals surface area contributed by atoms with Crippen molar-refractivity contribution < 1.29 is 39.4 Å². The van der Waals surface area contributed by atoms with Crippen LogP contribution >= 0.6 is 11.8 Å². The number of hydrogen-bond donors (Lipinski definition) is 6. The Morgan fingerprint density at radius 2 is 2.03 bits per heavy atom.